The molecule has 0 saturated heterocycles. The number of nitrogens with two attached hydrogens (primary N) is 1. The van der Waals surface area contributed by atoms with E-state index in [4.69, 9.17) is 5.73 Å². The van der Waals surface area contributed by atoms with Crippen molar-refractivity contribution in [3.63, 3.8) is 0 Å². The second kappa shape index (κ2) is 4.85. The maximum absolute atomic E-state index is 13.5. The van der Waals surface area contributed by atoms with E-state index in [1.807, 2.05) is 0 Å². The predicted octanol–water partition coefficient (Wildman–Crippen LogP) is 2.25. The molecule has 3 nitrogen and oxygen atoms in total. The lowest BCUT2D eigenvalue weighted by Gasteiger charge is -2.62. The van der Waals surface area contributed by atoms with Gasteiger partial charge in [-0.1, -0.05) is 45.9 Å². The van der Waals surface area contributed by atoms with E-state index in [0.29, 0.717) is 5.56 Å². The van der Waals surface area contributed by atoms with Gasteiger partial charge in [-0.15, -0.1) is 0 Å². The number of benzene rings is 1. The van der Waals surface area contributed by atoms with Crippen LogP contribution in [-0.4, -0.2) is 18.0 Å². The third-order valence-electron chi connectivity index (χ3n) is 4.71. The van der Waals surface area contributed by atoms with Crippen LogP contribution in [0.4, 0.5) is 4.39 Å². The quantitative estimate of drug-likeness (QED) is 0.891. The van der Waals surface area contributed by atoms with Crippen molar-refractivity contribution in [2.24, 2.45) is 16.6 Å². The van der Waals surface area contributed by atoms with Crippen LogP contribution in [0, 0.1) is 16.6 Å². The number of nitrogens with one attached hydrogen (secondary N) is 1. The van der Waals surface area contributed by atoms with Gasteiger partial charge in [0.1, 0.15) is 5.82 Å². The summed E-state index contributed by atoms with van der Waals surface area (Å²) in [6.45, 7) is 8.21. The van der Waals surface area contributed by atoms with Crippen LogP contribution in [0.25, 0.3) is 0 Å². The first-order valence-corrected chi connectivity index (χ1v) is 6.95. The van der Waals surface area contributed by atoms with Gasteiger partial charge in [-0.25, -0.2) is 4.39 Å². The van der Waals surface area contributed by atoms with Crippen LogP contribution < -0.4 is 11.1 Å². The molecular weight excluding hydrogens is 255 g/mol. The zero-order valence-corrected chi connectivity index (χ0v) is 12.5. The van der Waals surface area contributed by atoms with Gasteiger partial charge in [-0.05, 0) is 11.6 Å². The molecule has 3 N–H and O–H groups in total. The number of halogens is 1. The van der Waals surface area contributed by atoms with Crippen molar-refractivity contribution in [1.29, 1.82) is 0 Å². The molecule has 4 heteroatoms. The smallest absolute Gasteiger partial charge is 0.224 e. The summed E-state index contributed by atoms with van der Waals surface area (Å²) in [6, 6.07) is 6.40. The molecule has 0 radical (unpaired) electrons. The van der Waals surface area contributed by atoms with Crippen molar-refractivity contribution < 1.29 is 9.18 Å². The topological polar surface area (TPSA) is 55.1 Å². The highest BCUT2D eigenvalue weighted by Gasteiger charge is 2.60. The number of amides is 1. The minimum atomic E-state index is -0.341. The van der Waals surface area contributed by atoms with Crippen LogP contribution in [-0.2, 0) is 11.2 Å². The first-order valence-electron chi connectivity index (χ1n) is 6.95. The molecule has 1 aromatic rings. The highest BCUT2D eigenvalue weighted by atomic mass is 19.1. The number of hydrogen-bond acceptors (Lipinski definition) is 2. The van der Waals surface area contributed by atoms with Gasteiger partial charge in [0.25, 0.3) is 0 Å². The van der Waals surface area contributed by atoms with Crippen LogP contribution in [0.1, 0.15) is 33.3 Å². The Morgan fingerprint density at radius 3 is 2.35 bits per heavy atom. The molecule has 0 aliphatic heterocycles. The molecule has 1 amide bonds. The number of rotatable bonds is 3. The molecule has 1 aliphatic carbocycles. The maximum Gasteiger partial charge on any atom is 0.224 e. The van der Waals surface area contributed by atoms with Crippen LogP contribution in [0.2, 0.25) is 0 Å². The van der Waals surface area contributed by atoms with E-state index in [1.165, 1.54) is 6.07 Å². The number of carbonyl (C=O) groups is 1. The summed E-state index contributed by atoms with van der Waals surface area (Å²) in [6.07, 6.45) is 0.0601. The number of carbonyl (C=O) groups excluding carboxylic acids is 1. The Labute approximate surface area is 119 Å². The van der Waals surface area contributed by atoms with Gasteiger partial charge in [-0.2, -0.15) is 0 Å². The second-order valence-corrected chi connectivity index (χ2v) is 6.89. The summed E-state index contributed by atoms with van der Waals surface area (Å²) in [7, 11) is 0. The Kier molecular flexibility index (Phi) is 3.63. The molecule has 0 aromatic heterocycles. The van der Waals surface area contributed by atoms with Gasteiger partial charge in [0, 0.05) is 22.9 Å². The Morgan fingerprint density at radius 1 is 1.25 bits per heavy atom. The van der Waals surface area contributed by atoms with Crippen molar-refractivity contribution >= 4 is 5.91 Å². The third-order valence-corrected chi connectivity index (χ3v) is 4.71. The van der Waals surface area contributed by atoms with E-state index in [1.54, 1.807) is 18.2 Å². The third kappa shape index (κ3) is 2.33. The van der Waals surface area contributed by atoms with Gasteiger partial charge in [-0.3, -0.25) is 4.79 Å². The van der Waals surface area contributed by atoms with Gasteiger partial charge < -0.3 is 11.1 Å². The van der Waals surface area contributed by atoms with Crippen molar-refractivity contribution in [3.8, 4) is 0 Å². The zero-order chi connectivity index (χ0) is 15.1. The molecule has 1 aromatic carbocycles. The minimum Gasteiger partial charge on any atom is -0.352 e. The Balaban J connectivity index is 2.04. The molecule has 0 atom stereocenters. The summed E-state index contributed by atoms with van der Waals surface area (Å²) in [5.41, 5.74) is 6.30. The summed E-state index contributed by atoms with van der Waals surface area (Å²) in [4.78, 5) is 12.1. The molecule has 1 fully saturated rings. The zero-order valence-electron chi connectivity index (χ0n) is 12.5. The summed E-state index contributed by atoms with van der Waals surface area (Å²) >= 11 is 0. The van der Waals surface area contributed by atoms with Crippen molar-refractivity contribution in [2.75, 3.05) is 0 Å². The maximum atomic E-state index is 13.5. The first-order chi connectivity index (χ1) is 9.17. The minimum absolute atomic E-state index is 0.00396. The van der Waals surface area contributed by atoms with Crippen molar-refractivity contribution in [3.05, 3.63) is 35.6 Å². The summed E-state index contributed by atoms with van der Waals surface area (Å²) in [5, 5.41) is 3.02. The second-order valence-electron chi connectivity index (χ2n) is 6.89. The van der Waals surface area contributed by atoms with Crippen LogP contribution in [0.15, 0.2) is 24.3 Å². The first kappa shape index (κ1) is 15.0. The van der Waals surface area contributed by atoms with Crippen molar-refractivity contribution in [2.45, 2.75) is 46.2 Å². The molecular formula is C16H23FN2O. The SMILES string of the molecule is CC1(C)C(N)C(C)(C)C1NC(=O)Cc1ccccc1F. The lowest BCUT2D eigenvalue weighted by Crippen LogP contribution is -2.76. The Morgan fingerprint density at radius 2 is 1.80 bits per heavy atom. The molecule has 2 rings (SSSR count). The van der Waals surface area contributed by atoms with Gasteiger partial charge in [0.15, 0.2) is 0 Å². The highest BCUT2D eigenvalue weighted by molar-refractivity contribution is 5.79. The molecule has 0 spiro atoms. The molecule has 0 bridgehead atoms. The largest absolute Gasteiger partial charge is 0.352 e. The number of hydrogen-bond donors (Lipinski definition) is 2. The molecule has 1 saturated carbocycles. The van der Waals surface area contributed by atoms with Crippen LogP contribution in [0.3, 0.4) is 0 Å². The van der Waals surface area contributed by atoms with E-state index >= 15 is 0 Å². The normalized spacial score (nSPS) is 26.7. The Hall–Kier alpha value is -1.42. The fourth-order valence-electron chi connectivity index (χ4n) is 3.58. The van der Waals surface area contributed by atoms with E-state index in [-0.39, 0.29) is 41.1 Å². The fraction of sp³-hybridized carbons (Fsp3) is 0.562. The summed E-state index contributed by atoms with van der Waals surface area (Å²) in [5.74, 6) is -0.500. The molecule has 0 unspecified atom stereocenters. The lowest BCUT2D eigenvalue weighted by molar-refractivity contribution is -0.131. The fourth-order valence-corrected chi connectivity index (χ4v) is 3.58. The summed E-state index contributed by atoms with van der Waals surface area (Å²) < 4.78 is 13.5. The van der Waals surface area contributed by atoms with E-state index < -0.39 is 0 Å². The highest BCUT2D eigenvalue weighted by Crippen LogP contribution is 2.52. The molecule has 1 aliphatic rings. The monoisotopic (exact) mass is 278 g/mol. The predicted molar refractivity (Wildman–Crippen MR) is 77.6 cm³/mol. The Bertz CT molecular complexity index is 509. The van der Waals surface area contributed by atoms with Crippen molar-refractivity contribution in [1.82, 2.24) is 5.32 Å². The van der Waals surface area contributed by atoms with E-state index in [0.717, 1.165) is 0 Å². The van der Waals surface area contributed by atoms with Crippen LogP contribution >= 0.6 is 0 Å². The molecule has 20 heavy (non-hydrogen) atoms. The van der Waals surface area contributed by atoms with E-state index in [2.05, 4.69) is 33.0 Å². The van der Waals surface area contributed by atoms with E-state index in [9.17, 15) is 9.18 Å². The average molecular weight is 278 g/mol. The molecule has 0 heterocycles. The van der Waals surface area contributed by atoms with Gasteiger partial charge in [0.05, 0.1) is 6.42 Å². The lowest BCUT2D eigenvalue weighted by atomic mass is 9.48. The van der Waals surface area contributed by atoms with Crippen LogP contribution in [0.5, 0.6) is 0 Å². The van der Waals surface area contributed by atoms with Gasteiger partial charge >= 0.3 is 0 Å². The standard InChI is InChI=1S/C16H23FN2O/c1-15(2)13(18)16(3,4)14(15)19-12(20)9-10-7-5-6-8-11(10)17/h5-8,13-14H,9,18H2,1-4H3,(H,19,20). The average Bonchev–Trinajstić information content (AvgIpc) is 2.37. The van der Waals surface area contributed by atoms with Gasteiger partial charge in [0.2, 0.25) is 5.91 Å². The molecule has 110 valence electrons.